The third kappa shape index (κ3) is 10.2. The molecule has 0 bridgehead atoms. The fraction of sp³-hybridized carbons (Fsp3) is 0.821. The van der Waals surface area contributed by atoms with Crippen molar-refractivity contribution in [2.45, 2.75) is 115 Å². The summed E-state index contributed by atoms with van der Waals surface area (Å²) >= 11 is 0. The van der Waals surface area contributed by atoms with Crippen LogP contribution in [0, 0.1) is 17.3 Å². The van der Waals surface area contributed by atoms with E-state index < -0.39 is 121 Å². The lowest BCUT2D eigenvalue weighted by Crippen LogP contribution is -2.64. The van der Waals surface area contributed by atoms with Gasteiger partial charge in [-0.1, -0.05) is 20.8 Å². The van der Waals surface area contributed by atoms with Crippen LogP contribution in [0.1, 0.15) is 41.5 Å². The third-order valence-electron chi connectivity index (χ3n) is 7.66. The predicted molar refractivity (Wildman–Crippen MR) is 160 cm³/mol. The van der Waals surface area contributed by atoms with Crippen molar-refractivity contribution < 1.29 is 73.8 Å². The van der Waals surface area contributed by atoms with Gasteiger partial charge in [-0.15, -0.1) is 0 Å². The lowest BCUT2D eigenvalue weighted by Gasteiger charge is -2.47. The summed E-state index contributed by atoms with van der Waals surface area (Å²) < 4.78 is 28.3. The van der Waals surface area contributed by atoms with Crippen LogP contribution in [0.4, 0.5) is 0 Å². The van der Waals surface area contributed by atoms with Gasteiger partial charge >= 0.3 is 17.9 Å². The van der Waals surface area contributed by atoms with Gasteiger partial charge in [-0.25, -0.2) is 14.4 Å². The van der Waals surface area contributed by atoms with Crippen molar-refractivity contribution in [1.29, 1.82) is 0 Å². The van der Waals surface area contributed by atoms with Gasteiger partial charge < -0.3 is 70.3 Å². The van der Waals surface area contributed by atoms with E-state index in [0.29, 0.717) is 0 Å². The Morgan fingerprint density at radius 1 is 0.787 bits per heavy atom. The highest BCUT2D eigenvalue weighted by molar-refractivity contribution is 5.74. The first-order chi connectivity index (χ1) is 21.7. The fourth-order valence-corrected chi connectivity index (χ4v) is 5.60. The van der Waals surface area contributed by atoms with Crippen molar-refractivity contribution >= 4 is 31.3 Å². The minimum absolute atomic E-state index is 0.463. The molecule has 0 aromatic carbocycles. The molecule has 47 heavy (non-hydrogen) atoms. The van der Waals surface area contributed by atoms with E-state index >= 15 is 0 Å². The Kier molecular flexibility index (Phi) is 14.0. The molecular weight excluding hydrogens is 632 g/mol. The van der Waals surface area contributed by atoms with Crippen LogP contribution in [0.2, 0.25) is 0 Å². The SMILES string of the molecule is C=NNCC(O[C@@H]1OC(C(=O)O)[C@H](C(C)(C)C)[C@@H](O)C1O)C(OC(CNN=C)[C@H]1C(C(=O)O)O[C@@H](OC(C)(C)C)C(O)[C@@H]1O)C(=O)O. The number of hydrogen-bond donors (Lipinski definition) is 9. The van der Waals surface area contributed by atoms with Crippen molar-refractivity contribution in [3.8, 4) is 0 Å². The maximum absolute atomic E-state index is 12.6. The van der Waals surface area contributed by atoms with Crippen molar-refractivity contribution in [1.82, 2.24) is 10.9 Å². The summed E-state index contributed by atoms with van der Waals surface area (Å²) in [5, 5.41) is 80.9. The Balaban J connectivity index is 2.50. The highest BCUT2D eigenvalue weighted by Gasteiger charge is 2.55. The lowest BCUT2D eigenvalue weighted by molar-refractivity contribution is -0.323. The number of nitrogens with zero attached hydrogens (tertiary/aromatic N) is 2. The fourth-order valence-electron chi connectivity index (χ4n) is 5.60. The normalized spacial score (nSPS) is 33.6. The first-order valence-corrected chi connectivity index (χ1v) is 14.7. The molecular formula is C28H48N4O15. The number of carboxylic acid groups (broad SMARTS) is 3. The number of nitrogens with one attached hydrogen (secondary N) is 2. The summed E-state index contributed by atoms with van der Waals surface area (Å²) in [6.45, 7) is 15.3. The predicted octanol–water partition coefficient (Wildman–Crippen LogP) is -2.22. The second-order valence-corrected chi connectivity index (χ2v) is 13.3. The first kappa shape index (κ1) is 40.2. The van der Waals surface area contributed by atoms with E-state index in [1.807, 2.05) is 0 Å². The van der Waals surface area contributed by atoms with E-state index in [0.717, 1.165) is 0 Å². The molecule has 0 saturated carbocycles. The molecule has 0 aromatic rings. The summed E-state index contributed by atoms with van der Waals surface area (Å²) in [5.41, 5.74) is 3.03. The molecule has 7 unspecified atom stereocenters. The second kappa shape index (κ2) is 16.4. The molecule has 19 nitrogen and oxygen atoms in total. The number of aliphatic carboxylic acids is 3. The summed E-state index contributed by atoms with van der Waals surface area (Å²) in [6, 6.07) is 0. The molecule has 0 radical (unpaired) electrons. The molecule has 2 fully saturated rings. The largest absolute Gasteiger partial charge is 0.479 e. The van der Waals surface area contributed by atoms with Crippen LogP contribution in [0.25, 0.3) is 0 Å². The Bertz CT molecular complexity index is 1100. The average Bonchev–Trinajstić information content (AvgIpc) is 2.94. The minimum atomic E-state index is -2.08. The van der Waals surface area contributed by atoms with E-state index in [1.54, 1.807) is 41.5 Å². The number of carboxylic acids is 3. The number of carbonyl (C=O) groups is 3. The van der Waals surface area contributed by atoms with Crippen LogP contribution < -0.4 is 10.9 Å². The molecule has 9 N–H and O–H groups in total. The molecule has 2 saturated heterocycles. The molecule has 2 heterocycles. The van der Waals surface area contributed by atoms with Crippen LogP contribution in [0.5, 0.6) is 0 Å². The third-order valence-corrected chi connectivity index (χ3v) is 7.66. The molecule has 2 aliphatic rings. The van der Waals surface area contributed by atoms with Gasteiger partial charge in [-0.3, -0.25) is 0 Å². The highest BCUT2D eigenvalue weighted by atomic mass is 16.7. The van der Waals surface area contributed by atoms with Gasteiger partial charge in [-0.05, 0) is 26.2 Å². The zero-order valence-corrected chi connectivity index (χ0v) is 27.1. The van der Waals surface area contributed by atoms with Crippen LogP contribution in [0.15, 0.2) is 10.2 Å². The summed E-state index contributed by atoms with van der Waals surface area (Å²) in [7, 11) is 0. The van der Waals surface area contributed by atoms with Gasteiger partial charge in [0.15, 0.2) is 30.9 Å². The Labute approximate surface area is 271 Å². The van der Waals surface area contributed by atoms with E-state index in [-0.39, 0.29) is 0 Å². The maximum atomic E-state index is 12.6. The standard InChI is InChI=1S/C28H48N4O15/c1-27(2,3)14-16(34)18(36)25(46-21(14)24(41)42)44-12(10-32-30-8)19(22(37)38)43-11(9-31-29-7)13-15(33)17(35)26(47-28(4,5)6)45-20(13)23(39)40/h11-21,25-26,31-36H,7-10H2,1-6H3,(H,37,38)(H,39,40)(H,41,42)/t11?,12?,13-,14-,15-,16-,17?,18?,19?,20?,21?,25-,26+/m1/s1. The van der Waals surface area contributed by atoms with Crippen molar-refractivity contribution in [2.24, 2.45) is 27.5 Å². The average molecular weight is 681 g/mol. The minimum Gasteiger partial charge on any atom is -0.479 e. The highest BCUT2D eigenvalue weighted by Crippen LogP contribution is 2.40. The molecule has 0 spiro atoms. The lowest BCUT2D eigenvalue weighted by atomic mass is 9.71. The van der Waals surface area contributed by atoms with Crippen molar-refractivity contribution in [2.75, 3.05) is 13.1 Å². The number of ether oxygens (including phenoxy) is 5. The van der Waals surface area contributed by atoms with Gasteiger partial charge in [0.1, 0.15) is 18.3 Å². The van der Waals surface area contributed by atoms with Gasteiger partial charge in [0.05, 0.1) is 42.9 Å². The Hall–Kier alpha value is -3.01. The molecule has 0 aliphatic carbocycles. The monoisotopic (exact) mass is 680 g/mol. The quantitative estimate of drug-likeness (QED) is 0.0616. The van der Waals surface area contributed by atoms with E-state index in [1.165, 1.54) is 0 Å². The maximum Gasteiger partial charge on any atom is 0.335 e. The van der Waals surface area contributed by atoms with Gasteiger partial charge in [0.2, 0.25) is 0 Å². The van der Waals surface area contributed by atoms with Gasteiger partial charge in [0, 0.05) is 19.4 Å². The molecule has 13 atom stereocenters. The summed E-state index contributed by atoms with van der Waals surface area (Å²) in [6.07, 6.45) is -19.7. The van der Waals surface area contributed by atoms with Crippen LogP contribution in [-0.4, -0.2) is 153 Å². The molecule has 2 rings (SSSR count). The molecule has 0 aromatic heterocycles. The number of hydrogen-bond acceptors (Lipinski definition) is 16. The zero-order valence-electron chi connectivity index (χ0n) is 27.1. The van der Waals surface area contributed by atoms with Crippen LogP contribution >= 0.6 is 0 Å². The molecule has 2 aliphatic heterocycles. The Morgan fingerprint density at radius 2 is 1.30 bits per heavy atom. The van der Waals surface area contributed by atoms with Crippen LogP contribution in [0.3, 0.4) is 0 Å². The topological polar surface area (TPSA) is 288 Å². The van der Waals surface area contributed by atoms with Crippen molar-refractivity contribution in [3.05, 3.63) is 0 Å². The molecule has 0 amide bonds. The number of rotatable bonds is 16. The smallest absolute Gasteiger partial charge is 0.335 e. The number of aliphatic hydroxyl groups excluding tert-OH is 4. The second-order valence-electron chi connectivity index (χ2n) is 13.3. The van der Waals surface area contributed by atoms with E-state index in [2.05, 4.69) is 34.5 Å². The summed E-state index contributed by atoms with van der Waals surface area (Å²) in [5.74, 6) is -7.51. The zero-order chi connectivity index (χ0) is 36.0. The number of hydrazone groups is 2. The number of aliphatic hydroxyl groups is 4. The van der Waals surface area contributed by atoms with Crippen molar-refractivity contribution in [3.63, 3.8) is 0 Å². The van der Waals surface area contributed by atoms with Crippen LogP contribution in [-0.2, 0) is 38.1 Å². The first-order valence-electron chi connectivity index (χ1n) is 14.7. The van der Waals surface area contributed by atoms with E-state index in [9.17, 15) is 50.1 Å². The van der Waals surface area contributed by atoms with E-state index in [4.69, 9.17) is 23.7 Å². The molecule has 19 heteroatoms. The summed E-state index contributed by atoms with van der Waals surface area (Å²) in [4.78, 5) is 37.1. The Morgan fingerprint density at radius 3 is 1.77 bits per heavy atom. The molecule has 270 valence electrons. The van der Waals surface area contributed by atoms with Gasteiger partial charge in [0.25, 0.3) is 0 Å². The van der Waals surface area contributed by atoms with Gasteiger partial charge in [-0.2, -0.15) is 10.2 Å².